The molecule has 0 N–H and O–H groups in total. The van der Waals surface area contributed by atoms with E-state index < -0.39 is 0 Å². The van der Waals surface area contributed by atoms with E-state index in [0.29, 0.717) is 0 Å². The first-order valence-electron chi connectivity index (χ1n) is 12.0. The first-order chi connectivity index (χ1) is 17.4. The first-order valence-corrected chi connectivity index (χ1v) is 12.0. The van der Waals surface area contributed by atoms with E-state index in [-0.39, 0.29) is 0 Å². The van der Waals surface area contributed by atoms with Crippen LogP contribution >= 0.6 is 0 Å². The van der Waals surface area contributed by atoms with Crippen LogP contribution in [0.25, 0.3) is 71.9 Å². The summed E-state index contributed by atoms with van der Waals surface area (Å²) in [6.45, 7) is 0. The Kier molecular flexibility index (Phi) is 3.69. The topological polar surface area (TPSA) is 17.8 Å². The van der Waals surface area contributed by atoms with Crippen LogP contribution in [-0.4, -0.2) is 9.55 Å². The molecule has 2 aromatic heterocycles. The highest BCUT2D eigenvalue weighted by atomic mass is 15.0. The van der Waals surface area contributed by atoms with Crippen molar-refractivity contribution in [1.29, 1.82) is 0 Å². The molecule has 8 rings (SSSR count). The molecule has 2 heterocycles. The summed E-state index contributed by atoms with van der Waals surface area (Å²) < 4.78 is 2.36. The quantitative estimate of drug-likeness (QED) is 0.261. The van der Waals surface area contributed by atoms with E-state index in [1.807, 2.05) is 0 Å². The van der Waals surface area contributed by atoms with Crippen LogP contribution in [0.1, 0.15) is 0 Å². The third kappa shape index (κ3) is 2.57. The predicted octanol–water partition coefficient (Wildman–Crippen LogP) is 8.65. The molecular formula is C33H20N2. The van der Waals surface area contributed by atoms with Crippen LogP contribution in [0.4, 0.5) is 0 Å². The van der Waals surface area contributed by atoms with Crippen molar-refractivity contribution >= 4 is 32.6 Å². The molecule has 0 bridgehead atoms. The van der Waals surface area contributed by atoms with Crippen LogP contribution < -0.4 is 0 Å². The lowest BCUT2D eigenvalue weighted by molar-refractivity contribution is 1.18. The van der Waals surface area contributed by atoms with Crippen LogP contribution in [0.2, 0.25) is 0 Å². The van der Waals surface area contributed by atoms with Crippen molar-refractivity contribution < 1.29 is 0 Å². The molecule has 0 radical (unpaired) electrons. The van der Waals surface area contributed by atoms with E-state index in [0.717, 1.165) is 17.0 Å². The molecule has 0 amide bonds. The number of hydrogen-bond donors (Lipinski definition) is 0. The molecule has 0 spiro atoms. The zero-order valence-electron chi connectivity index (χ0n) is 18.9. The number of rotatable bonds is 2. The number of pyridine rings is 1. The van der Waals surface area contributed by atoms with Gasteiger partial charge in [-0.1, -0.05) is 91.0 Å². The van der Waals surface area contributed by atoms with Gasteiger partial charge >= 0.3 is 0 Å². The standard InChI is InChI=1S/C33H20N2/c1-2-10-23(11-3-1)35-30-16-7-6-13-25(30)26-18-17-21(20-31(26)35)29-19-22-9-8-15-27-24-12-4-5-14-28(24)33(34-29)32(22)27/h1-20H. The number of nitrogens with zero attached hydrogens (tertiary/aromatic N) is 2. The second kappa shape index (κ2) is 6.91. The lowest BCUT2D eigenvalue weighted by Crippen LogP contribution is -1.94. The molecule has 7 aromatic rings. The summed E-state index contributed by atoms with van der Waals surface area (Å²) in [5, 5.41) is 5.02. The summed E-state index contributed by atoms with van der Waals surface area (Å²) in [6.07, 6.45) is 0. The van der Waals surface area contributed by atoms with Crippen molar-refractivity contribution in [2.45, 2.75) is 0 Å². The van der Waals surface area contributed by atoms with Crippen molar-refractivity contribution in [2.75, 3.05) is 0 Å². The smallest absolute Gasteiger partial charge is 0.0800 e. The van der Waals surface area contributed by atoms with Crippen LogP contribution in [-0.2, 0) is 0 Å². The van der Waals surface area contributed by atoms with Crippen molar-refractivity contribution in [1.82, 2.24) is 9.55 Å². The van der Waals surface area contributed by atoms with Gasteiger partial charge in [0.05, 0.1) is 22.4 Å². The zero-order chi connectivity index (χ0) is 22.9. The maximum atomic E-state index is 5.24. The minimum Gasteiger partial charge on any atom is -0.309 e. The normalized spacial score (nSPS) is 12.0. The van der Waals surface area contributed by atoms with Crippen molar-refractivity contribution in [3.05, 3.63) is 121 Å². The van der Waals surface area contributed by atoms with Crippen LogP contribution in [0.5, 0.6) is 0 Å². The van der Waals surface area contributed by atoms with Gasteiger partial charge in [-0.05, 0) is 46.8 Å². The maximum Gasteiger partial charge on any atom is 0.0800 e. The van der Waals surface area contributed by atoms with E-state index in [2.05, 4.69) is 126 Å². The van der Waals surface area contributed by atoms with Gasteiger partial charge in [-0.25, -0.2) is 4.98 Å². The largest absolute Gasteiger partial charge is 0.309 e. The monoisotopic (exact) mass is 444 g/mol. The fourth-order valence-electron chi connectivity index (χ4n) is 5.79. The summed E-state index contributed by atoms with van der Waals surface area (Å²) in [6, 6.07) is 43.5. The Morgan fingerprint density at radius 3 is 2.17 bits per heavy atom. The number of fused-ring (bicyclic) bond motifs is 6. The van der Waals surface area contributed by atoms with E-state index in [4.69, 9.17) is 4.98 Å². The summed E-state index contributed by atoms with van der Waals surface area (Å²) in [4.78, 5) is 5.24. The van der Waals surface area contributed by atoms with Crippen molar-refractivity contribution in [3.8, 4) is 39.3 Å². The van der Waals surface area contributed by atoms with E-state index in [9.17, 15) is 0 Å². The lowest BCUT2D eigenvalue weighted by atomic mass is 10.0. The summed E-state index contributed by atoms with van der Waals surface area (Å²) in [5.41, 5.74) is 10.6. The molecule has 2 heteroatoms. The molecule has 5 aromatic carbocycles. The SMILES string of the molecule is c1ccc(-n2c3ccccc3c3ccc(-c4cc5cccc6c5c(n4)-c4ccccc4-6)cc32)cc1. The Labute approximate surface area is 202 Å². The fraction of sp³-hybridized carbons (Fsp3) is 0. The van der Waals surface area contributed by atoms with Gasteiger partial charge in [-0.15, -0.1) is 0 Å². The highest BCUT2D eigenvalue weighted by molar-refractivity contribution is 6.15. The molecule has 1 aliphatic carbocycles. The Balaban J connectivity index is 1.42. The fourth-order valence-corrected chi connectivity index (χ4v) is 5.79. The lowest BCUT2D eigenvalue weighted by Gasteiger charge is -2.10. The number of para-hydroxylation sites is 2. The summed E-state index contributed by atoms with van der Waals surface area (Å²) in [5.74, 6) is 0. The minimum absolute atomic E-state index is 1.01. The second-order valence-corrected chi connectivity index (χ2v) is 9.23. The number of hydrogen-bond acceptors (Lipinski definition) is 1. The molecule has 0 aliphatic heterocycles. The Hall–Kier alpha value is -4.69. The molecular weight excluding hydrogens is 424 g/mol. The van der Waals surface area contributed by atoms with Crippen molar-refractivity contribution in [2.24, 2.45) is 0 Å². The van der Waals surface area contributed by atoms with Gasteiger partial charge < -0.3 is 4.57 Å². The summed E-state index contributed by atoms with van der Waals surface area (Å²) in [7, 11) is 0. The van der Waals surface area contributed by atoms with Gasteiger partial charge in [0.2, 0.25) is 0 Å². The minimum atomic E-state index is 1.01. The van der Waals surface area contributed by atoms with E-state index >= 15 is 0 Å². The molecule has 162 valence electrons. The second-order valence-electron chi connectivity index (χ2n) is 9.23. The number of benzene rings is 5. The number of aromatic nitrogens is 2. The highest BCUT2D eigenvalue weighted by Gasteiger charge is 2.23. The molecule has 0 unspecified atom stereocenters. The first kappa shape index (κ1) is 18.7. The van der Waals surface area contributed by atoms with Gasteiger partial charge in [0.15, 0.2) is 0 Å². The summed E-state index contributed by atoms with van der Waals surface area (Å²) >= 11 is 0. The van der Waals surface area contributed by atoms with Crippen molar-refractivity contribution in [3.63, 3.8) is 0 Å². The predicted molar refractivity (Wildman–Crippen MR) is 146 cm³/mol. The maximum absolute atomic E-state index is 5.24. The van der Waals surface area contributed by atoms with Gasteiger partial charge in [0, 0.05) is 33.0 Å². The average Bonchev–Trinajstić information content (AvgIpc) is 3.43. The Morgan fingerprint density at radius 1 is 0.514 bits per heavy atom. The van der Waals surface area contributed by atoms with Gasteiger partial charge in [0.1, 0.15) is 0 Å². The Bertz CT molecular complexity index is 1940. The van der Waals surface area contributed by atoms with Crippen LogP contribution in [0.15, 0.2) is 121 Å². The molecule has 35 heavy (non-hydrogen) atoms. The molecule has 1 aliphatic rings. The average molecular weight is 445 g/mol. The molecule has 2 nitrogen and oxygen atoms in total. The highest BCUT2D eigenvalue weighted by Crippen LogP contribution is 2.47. The molecule has 0 saturated heterocycles. The third-order valence-electron chi connectivity index (χ3n) is 7.31. The molecule has 0 atom stereocenters. The molecule has 0 saturated carbocycles. The zero-order valence-corrected chi connectivity index (χ0v) is 18.9. The van der Waals surface area contributed by atoms with Gasteiger partial charge in [-0.2, -0.15) is 0 Å². The van der Waals surface area contributed by atoms with E-state index in [1.54, 1.807) is 0 Å². The van der Waals surface area contributed by atoms with E-state index in [1.165, 1.54) is 55.0 Å². The van der Waals surface area contributed by atoms with Crippen LogP contribution in [0.3, 0.4) is 0 Å². The van der Waals surface area contributed by atoms with Gasteiger partial charge in [-0.3, -0.25) is 0 Å². The molecule has 0 fully saturated rings. The Morgan fingerprint density at radius 2 is 1.26 bits per heavy atom. The third-order valence-corrected chi connectivity index (χ3v) is 7.31. The van der Waals surface area contributed by atoms with Gasteiger partial charge in [0.25, 0.3) is 0 Å². The van der Waals surface area contributed by atoms with Crippen LogP contribution in [0, 0.1) is 0 Å².